The number of halogens is 1. The zero-order valence-corrected chi connectivity index (χ0v) is 5.66. The van der Waals surface area contributed by atoms with Crippen molar-refractivity contribution in [3.05, 3.63) is 0 Å². The summed E-state index contributed by atoms with van der Waals surface area (Å²) in [5.74, 6) is 0. The van der Waals surface area contributed by atoms with Crippen molar-refractivity contribution in [3.8, 4) is 0 Å². The minimum atomic E-state index is -0.958. The van der Waals surface area contributed by atoms with Gasteiger partial charge in [-0.2, -0.15) is 0 Å². The number of rotatable bonds is 2. The van der Waals surface area contributed by atoms with E-state index in [0.717, 1.165) is 6.19 Å². The lowest BCUT2D eigenvalue weighted by Crippen LogP contribution is -2.31. The lowest BCUT2D eigenvalue weighted by molar-refractivity contribution is 0.324. The van der Waals surface area contributed by atoms with E-state index >= 15 is 0 Å². The van der Waals surface area contributed by atoms with Crippen LogP contribution in [-0.4, -0.2) is 43.7 Å². The summed E-state index contributed by atoms with van der Waals surface area (Å²) in [6.07, 6.45) is -0.190. The van der Waals surface area contributed by atoms with Gasteiger partial charge in [0.1, 0.15) is 6.17 Å². The van der Waals surface area contributed by atoms with Crippen molar-refractivity contribution < 1.29 is 9.18 Å². The lowest BCUT2D eigenvalue weighted by atomic mass is 9.96. The summed E-state index contributed by atoms with van der Waals surface area (Å²) in [6, 6.07) is -0.403. The molecular formula is C5H10BFN2O. The van der Waals surface area contributed by atoms with E-state index < -0.39 is 12.2 Å². The van der Waals surface area contributed by atoms with Gasteiger partial charge >= 0.3 is 0 Å². The first kappa shape index (κ1) is 7.69. The zero-order chi connectivity index (χ0) is 7.56. The van der Waals surface area contributed by atoms with Gasteiger partial charge in [0, 0.05) is 19.1 Å². The van der Waals surface area contributed by atoms with Gasteiger partial charge in [-0.15, -0.1) is 0 Å². The van der Waals surface area contributed by atoms with Gasteiger partial charge < -0.3 is 15.3 Å². The smallest absolute Gasteiger partial charge is 0.281 e. The topological polar surface area (TPSA) is 46.3 Å². The van der Waals surface area contributed by atoms with E-state index in [1.807, 2.05) is 0 Å². The van der Waals surface area contributed by atoms with Crippen molar-refractivity contribution in [3.63, 3.8) is 0 Å². The monoisotopic (exact) mass is 144 g/mol. The van der Waals surface area contributed by atoms with Crippen LogP contribution in [0, 0.1) is 0 Å². The number of nitrogens with two attached hydrogens (primary N) is 1. The van der Waals surface area contributed by atoms with Crippen molar-refractivity contribution in [2.45, 2.75) is 12.2 Å². The minimum absolute atomic E-state index is 0.300. The second-order valence-corrected chi connectivity index (χ2v) is 2.57. The van der Waals surface area contributed by atoms with Crippen LogP contribution in [-0.2, 0) is 4.79 Å². The van der Waals surface area contributed by atoms with Crippen molar-refractivity contribution >= 4 is 13.6 Å². The third kappa shape index (κ3) is 1.55. The van der Waals surface area contributed by atoms with Crippen LogP contribution in [0.5, 0.6) is 0 Å². The lowest BCUT2D eigenvalue weighted by Gasteiger charge is -2.07. The summed E-state index contributed by atoms with van der Waals surface area (Å²) in [6.45, 7) is 0.805. The van der Waals surface area contributed by atoms with Gasteiger partial charge in [0.2, 0.25) is 0 Å². The number of hydrogen-bond acceptors (Lipinski definition) is 3. The number of nitrogens with zero attached hydrogens (tertiary/aromatic N) is 1. The Balaban J connectivity index is 2.33. The fraction of sp³-hybridized carbons (Fsp3) is 0.800. The van der Waals surface area contributed by atoms with Gasteiger partial charge in [-0.05, 0) is 0 Å². The molecule has 0 saturated carbocycles. The van der Waals surface area contributed by atoms with Crippen molar-refractivity contribution in [1.82, 2.24) is 4.81 Å². The fourth-order valence-corrected chi connectivity index (χ4v) is 1.12. The van der Waals surface area contributed by atoms with Crippen LogP contribution < -0.4 is 5.73 Å². The predicted octanol–water partition coefficient (Wildman–Crippen LogP) is -1.49. The second-order valence-electron chi connectivity index (χ2n) is 2.57. The molecule has 56 valence electrons. The number of alkyl halides is 1. The SMILES string of the molecule is N[C@H]1CN(BC=O)C[C@H]1F. The molecule has 10 heavy (non-hydrogen) atoms. The van der Waals surface area contributed by atoms with Crippen LogP contribution in [0.25, 0.3) is 0 Å². The Morgan fingerprint density at radius 3 is 2.80 bits per heavy atom. The normalized spacial score (nSPS) is 34.2. The summed E-state index contributed by atoms with van der Waals surface area (Å²) in [7, 11) is 0.300. The highest BCUT2D eigenvalue weighted by molar-refractivity contribution is 6.64. The Kier molecular flexibility index (Phi) is 2.40. The van der Waals surface area contributed by atoms with Crippen LogP contribution >= 0.6 is 0 Å². The van der Waals surface area contributed by atoms with Gasteiger partial charge in [-0.1, -0.05) is 0 Å². The summed E-state index contributed by atoms with van der Waals surface area (Å²) in [4.78, 5) is 11.7. The Labute approximate surface area is 59.6 Å². The summed E-state index contributed by atoms with van der Waals surface area (Å²) in [5, 5.41) is 0. The molecule has 0 aliphatic carbocycles. The highest BCUT2D eigenvalue weighted by Crippen LogP contribution is 2.08. The number of hydrogen-bond donors (Lipinski definition) is 1. The maximum absolute atomic E-state index is 12.6. The molecule has 0 amide bonds. The van der Waals surface area contributed by atoms with E-state index in [9.17, 15) is 9.18 Å². The maximum Gasteiger partial charge on any atom is 0.281 e. The molecule has 1 fully saturated rings. The van der Waals surface area contributed by atoms with Gasteiger partial charge in [0.15, 0.2) is 0 Å². The molecular weight excluding hydrogens is 134 g/mol. The standard InChI is InChI=1S/C5H10BFN2O/c7-4-1-9(6-3-10)2-5(4)8/h3-6H,1-2,8H2/t4-,5+/m1/s1. The molecule has 0 radical (unpaired) electrons. The molecule has 1 saturated heterocycles. The Morgan fingerprint density at radius 2 is 2.40 bits per heavy atom. The average molecular weight is 144 g/mol. The molecule has 0 bridgehead atoms. The van der Waals surface area contributed by atoms with Crippen LogP contribution in [0.3, 0.4) is 0 Å². The van der Waals surface area contributed by atoms with E-state index in [-0.39, 0.29) is 0 Å². The molecule has 5 heteroatoms. The molecule has 0 unspecified atom stereocenters. The molecule has 2 atom stereocenters. The van der Waals surface area contributed by atoms with Gasteiger partial charge in [0.05, 0.1) is 6.19 Å². The fourth-order valence-electron chi connectivity index (χ4n) is 1.12. The summed E-state index contributed by atoms with van der Waals surface area (Å²) >= 11 is 0. The largest absolute Gasteiger partial charge is 0.335 e. The maximum atomic E-state index is 12.6. The Morgan fingerprint density at radius 1 is 1.70 bits per heavy atom. The van der Waals surface area contributed by atoms with Crippen LogP contribution in [0.2, 0.25) is 0 Å². The van der Waals surface area contributed by atoms with Crippen LogP contribution in [0.4, 0.5) is 4.39 Å². The number of carbonyl (C=O) groups is 1. The molecule has 0 aromatic heterocycles. The van der Waals surface area contributed by atoms with E-state index in [0.29, 0.717) is 20.5 Å². The third-order valence-corrected chi connectivity index (χ3v) is 1.70. The van der Waals surface area contributed by atoms with Gasteiger partial charge in [-0.3, -0.25) is 0 Å². The van der Waals surface area contributed by atoms with Crippen LogP contribution in [0.15, 0.2) is 0 Å². The highest BCUT2D eigenvalue weighted by atomic mass is 19.1. The highest BCUT2D eigenvalue weighted by Gasteiger charge is 2.29. The molecule has 1 heterocycles. The van der Waals surface area contributed by atoms with Gasteiger partial charge in [-0.25, -0.2) is 4.39 Å². The van der Waals surface area contributed by atoms with E-state index in [1.165, 1.54) is 0 Å². The van der Waals surface area contributed by atoms with Crippen molar-refractivity contribution in [2.24, 2.45) is 5.73 Å². The van der Waals surface area contributed by atoms with E-state index in [4.69, 9.17) is 5.73 Å². The number of carbonyl (C=O) groups excluding carboxylic acids is 1. The molecule has 1 aliphatic heterocycles. The Bertz CT molecular complexity index is 125. The zero-order valence-electron chi connectivity index (χ0n) is 5.66. The summed E-state index contributed by atoms with van der Waals surface area (Å²) in [5.41, 5.74) is 5.37. The third-order valence-electron chi connectivity index (χ3n) is 1.70. The second kappa shape index (κ2) is 3.12. The molecule has 0 aromatic rings. The van der Waals surface area contributed by atoms with E-state index in [2.05, 4.69) is 0 Å². The predicted molar refractivity (Wildman–Crippen MR) is 38.3 cm³/mol. The molecule has 1 rings (SSSR count). The van der Waals surface area contributed by atoms with Crippen molar-refractivity contribution in [1.29, 1.82) is 0 Å². The molecule has 2 N–H and O–H groups in total. The molecule has 0 spiro atoms. The van der Waals surface area contributed by atoms with Crippen molar-refractivity contribution in [2.75, 3.05) is 13.1 Å². The summed E-state index contributed by atoms with van der Waals surface area (Å²) < 4.78 is 12.6. The average Bonchev–Trinajstić information content (AvgIpc) is 2.14. The molecule has 3 nitrogen and oxygen atoms in total. The first-order valence-corrected chi connectivity index (χ1v) is 3.29. The Hall–Kier alpha value is -0.415. The van der Waals surface area contributed by atoms with Crippen LogP contribution in [0.1, 0.15) is 0 Å². The van der Waals surface area contributed by atoms with Gasteiger partial charge in [0.25, 0.3) is 7.41 Å². The van der Waals surface area contributed by atoms with E-state index in [1.54, 1.807) is 4.81 Å². The first-order chi connectivity index (χ1) is 4.74. The quantitative estimate of drug-likeness (QED) is 0.379. The minimum Gasteiger partial charge on any atom is -0.335 e. The first-order valence-electron chi connectivity index (χ1n) is 3.29. The molecule has 0 aromatic carbocycles. The molecule has 1 aliphatic rings.